The van der Waals surface area contributed by atoms with Crippen LogP contribution in [0.3, 0.4) is 0 Å². The second kappa shape index (κ2) is 5.44. The Morgan fingerprint density at radius 3 is 2.83 bits per heavy atom. The zero-order valence-corrected chi connectivity index (χ0v) is 9.82. The fourth-order valence-corrected chi connectivity index (χ4v) is 2.08. The van der Waals surface area contributed by atoms with Crippen LogP contribution in [0.2, 0.25) is 0 Å². The Bertz CT molecular complexity index is 494. The fraction of sp³-hybridized carbons (Fsp3) is 0.308. The van der Waals surface area contributed by atoms with Crippen molar-refractivity contribution in [2.45, 2.75) is 25.3 Å². The minimum Gasteiger partial charge on any atom is -0.623 e. The first kappa shape index (κ1) is 12.3. The summed E-state index contributed by atoms with van der Waals surface area (Å²) >= 11 is 0. The van der Waals surface area contributed by atoms with Crippen LogP contribution in [0.25, 0.3) is 0 Å². The van der Waals surface area contributed by atoms with E-state index in [2.05, 4.69) is 5.16 Å². The summed E-state index contributed by atoms with van der Waals surface area (Å²) in [7, 11) is 0. The second-order valence-corrected chi connectivity index (χ2v) is 4.22. The van der Waals surface area contributed by atoms with Gasteiger partial charge in [0.2, 0.25) is 18.0 Å². The molecule has 0 aliphatic heterocycles. The molecule has 0 aromatic heterocycles. The van der Waals surface area contributed by atoms with Gasteiger partial charge in [-0.15, -0.1) is 0 Å². The van der Waals surface area contributed by atoms with E-state index in [1.165, 1.54) is 0 Å². The maximum absolute atomic E-state index is 11.8. The van der Waals surface area contributed by atoms with Crippen LogP contribution in [0.4, 0.5) is 0 Å². The third-order valence-electron chi connectivity index (χ3n) is 3.03. The van der Waals surface area contributed by atoms with E-state index in [1.54, 1.807) is 30.3 Å². The molecule has 0 radical (unpaired) electrons. The SMILES string of the molecule is O=C(/C=[N+](\[O-])C1CCC/C1=N/O)c1ccccc1. The fourth-order valence-electron chi connectivity index (χ4n) is 2.08. The summed E-state index contributed by atoms with van der Waals surface area (Å²) in [6.07, 6.45) is 3.04. The number of carbonyl (C=O) groups is 1. The summed E-state index contributed by atoms with van der Waals surface area (Å²) in [5.74, 6) is -0.338. The second-order valence-electron chi connectivity index (χ2n) is 4.22. The Hall–Kier alpha value is -2.17. The number of rotatable bonds is 3. The van der Waals surface area contributed by atoms with Crippen molar-refractivity contribution in [3.63, 3.8) is 0 Å². The summed E-state index contributed by atoms with van der Waals surface area (Å²) in [5, 5.41) is 23.7. The number of ketones is 1. The Morgan fingerprint density at radius 1 is 1.44 bits per heavy atom. The van der Waals surface area contributed by atoms with Gasteiger partial charge in [-0.3, -0.25) is 4.79 Å². The lowest BCUT2D eigenvalue weighted by Crippen LogP contribution is -2.28. The van der Waals surface area contributed by atoms with Crippen LogP contribution in [-0.4, -0.2) is 33.7 Å². The first-order valence-electron chi connectivity index (χ1n) is 5.83. The number of oxime groups is 1. The molecule has 94 valence electrons. The molecule has 5 nitrogen and oxygen atoms in total. The highest BCUT2D eigenvalue weighted by Crippen LogP contribution is 2.18. The van der Waals surface area contributed by atoms with Crippen LogP contribution in [0.15, 0.2) is 35.5 Å². The van der Waals surface area contributed by atoms with Crippen LogP contribution in [0.5, 0.6) is 0 Å². The van der Waals surface area contributed by atoms with E-state index in [9.17, 15) is 10.0 Å². The minimum atomic E-state index is -0.511. The lowest BCUT2D eigenvalue weighted by molar-refractivity contribution is -0.474. The maximum Gasteiger partial charge on any atom is 0.249 e. The van der Waals surface area contributed by atoms with Gasteiger partial charge in [0.1, 0.15) is 5.71 Å². The third-order valence-corrected chi connectivity index (χ3v) is 3.03. The van der Waals surface area contributed by atoms with Crippen molar-refractivity contribution >= 4 is 17.7 Å². The van der Waals surface area contributed by atoms with Gasteiger partial charge >= 0.3 is 0 Å². The topological polar surface area (TPSA) is 75.7 Å². The lowest BCUT2D eigenvalue weighted by Gasteiger charge is -2.10. The van der Waals surface area contributed by atoms with Crippen LogP contribution >= 0.6 is 0 Å². The van der Waals surface area contributed by atoms with E-state index in [0.29, 0.717) is 28.9 Å². The van der Waals surface area contributed by atoms with Crippen molar-refractivity contribution in [2.24, 2.45) is 5.16 Å². The highest BCUT2D eigenvalue weighted by atomic mass is 16.5. The zero-order valence-electron chi connectivity index (χ0n) is 9.82. The van der Waals surface area contributed by atoms with Gasteiger partial charge in [0.05, 0.1) is 0 Å². The molecule has 1 N–H and O–H groups in total. The number of hydrogen-bond acceptors (Lipinski definition) is 4. The maximum atomic E-state index is 11.8. The normalized spacial score (nSPS) is 22.3. The lowest BCUT2D eigenvalue weighted by atomic mass is 10.1. The van der Waals surface area contributed by atoms with Gasteiger partial charge in [0.15, 0.2) is 0 Å². The molecule has 1 aromatic rings. The molecule has 18 heavy (non-hydrogen) atoms. The molecule has 1 fully saturated rings. The molecule has 1 saturated carbocycles. The van der Waals surface area contributed by atoms with Crippen molar-refractivity contribution in [1.29, 1.82) is 0 Å². The van der Waals surface area contributed by atoms with E-state index in [-0.39, 0.29) is 5.78 Å². The van der Waals surface area contributed by atoms with E-state index in [1.807, 2.05) is 0 Å². The third kappa shape index (κ3) is 2.56. The van der Waals surface area contributed by atoms with E-state index in [4.69, 9.17) is 5.21 Å². The van der Waals surface area contributed by atoms with Gasteiger partial charge in [-0.25, -0.2) is 0 Å². The molecule has 1 atom stereocenters. The molecule has 0 spiro atoms. The predicted molar refractivity (Wildman–Crippen MR) is 67.3 cm³/mol. The van der Waals surface area contributed by atoms with Gasteiger partial charge in [0.25, 0.3) is 0 Å². The van der Waals surface area contributed by atoms with Gasteiger partial charge in [-0.05, 0) is 12.8 Å². The Balaban J connectivity index is 2.16. The number of benzene rings is 1. The number of Topliss-reactive ketones (excluding diaryl/α,β-unsaturated/α-hetero) is 1. The number of hydrogen-bond donors (Lipinski definition) is 1. The Morgan fingerprint density at radius 2 is 2.17 bits per heavy atom. The molecule has 1 aliphatic rings. The van der Waals surface area contributed by atoms with Gasteiger partial charge < -0.3 is 10.4 Å². The van der Waals surface area contributed by atoms with Crippen molar-refractivity contribution in [1.82, 2.24) is 0 Å². The first-order valence-corrected chi connectivity index (χ1v) is 5.83. The van der Waals surface area contributed by atoms with Gasteiger partial charge in [0, 0.05) is 12.0 Å². The molecule has 0 amide bonds. The van der Waals surface area contributed by atoms with Crippen molar-refractivity contribution in [2.75, 3.05) is 0 Å². The average molecular weight is 246 g/mol. The minimum absolute atomic E-state index is 0.338. The molecule has 0 bridgehead atoms. The van der Waals surface area contributed by atoms with Gasteiger partial charge in [-0.1, -0.05) is 35.5 Å². The van der Waals surface area contributed by atoms with Crippen LogP contribution in [0, 0.1) is 5.21 Å². The van der Waals surface area contributed by atoms with Crippen molar-refractivity contribution in [3.05, 3.63) is 41.1 Å². The standard InChI is InChI=1S/C13H14N2O3/c16-13(10-5-2-1-3-6-10)9-15(18)12-8-4-7-11(12)14-17/h1-3,5-6,9,12,17H,4,7-8H2/b14-11-,15-9-. The molecule has 0 heterocycles. The Labute approximate surface area is 105 Å². The van der Waals surface area contributed by atoms with E-state index < -0.39 is 6.04 Å². The summed E-state index contributed by atoms with van der Waals surface area (Å²) in [4.78, 5) is 11.8. The quantitative estimate of drug-likeness (QED) is 0.221. The number of carbonyl (C=O) groups excluding carboxylic acids is 1. The molecular formula is C13H14N2O3. The monoisotopic (exact) mass is 246 g/mol. The highest BCUT2D eigenvalue weighted by molar-refractivity contribution is 6.33. The predicted octanol–water partition coefficient (Wildman–Crippen LogP) is 1.83. The molecule has 2 rings (SSSR count). The molecule has 5 heteroatoms. The Kier molecular flexibility index (Phi) is 3.72. The summed E-state index contributed by atoms with van der Waals surface area (Å²) < 4.78 is 0.595. The van der Waals surface area contributed by atoms with Crippen molar-refractivity contribution < 1.29 is 14.7 Å². The van der Waals surface area contributed by atoms with Gasteiger partial charge in [-0.2, -0.15) is 4.74 Å². The molecule has 1 unspecified atom stereocenters. The smallest absolute Gasteiger partial charge is 0.249 e. The number of hydroxylamine groups is 1. The average Bonchev–Trinajstić information content (AvgIpc) is 2.88. The summed E-state index contributed by atoms with van der Waals surface area (Å²) in [6, 6.07) is 8.09. The molecule has 1 aliphatic carbocycles. The summed E-state index contributed by atoms with van der Waals surface area (Å²) in [5.41, 5.74) is 0.918. The largest absolute Gasteiger partial charge is 0.623 e. The van der Waals surface area contributed by atoms with E-state index in [0.717, 1.165) is 12.6 Å². The van der Waals surface area contributed by atoms with Crippen molar-refractivity contribution in [3.8, 4) is 0 Å². The number of nitrogens with zero attached hydrogens (tertiary/aromatic N) is 2. The summed E-state index contributed by atoms with van der Waals surface area (Å²) in [6.45, 7) is 0. The highest BCUT2D eigenvalue weighted by Gasteiger charge is 2.30. The zero-order chi connectivity index (χ0) is 13.0. The van der Waals surface area contributed by atoms with E-state index >= 15 is 0 Å². The first-order chi connectivity index (χ1) is 8.72. The molecule has 0 saturated heterocycles. The van der Waals surface area contributed by atoms with Crippen LogP contribution in [-0.2, 0) is 0 Å². The molecular weight excluding hydrogens is 232 g/mol. The molecule has 1 aromatic carbocycles. The van der Waals surface area contributed by atoms with Crippen LogP contribution < -0.4 is 0 Å². The van der Waals surface area contributed by atoms with Crippen LogP contribution in [0.1, 0.15) is 29.6 Å².